The lowest BCUT2D eigenvalue weighted by molar-refractivity contribution is 0.457. The molecule has 0 fully saturated rings. The van der Waals surface area contributed by atoms with Crippen LogP contribution in [-0.4, -0.2) is 6.04 Å². The summed E-state index contributed by atoms with van der Waals surface area (Å²) >= 11 is 1.77. The predicted molar refractivity (Wildman–Crippen MR) is 84.9 cm³/mol. The molecule has 0 aliphatic rings. The fourth-order valence-corrected chi connectivity index (χ4v) is 3.71. The molecule has 2 aromatic rings. The maximum atomic E-state index is 13.7. The van der Waals surface area contributed by atoms with Crippen molar-refractivity contribution >= 4 is 11.3 Å². The highest BCUT2D eigenvalue weighted by Crippen LogP contribution is 2.26. The third-order valence-electron chi connectivity index (χ3n) is 3.65. The molecule has 2 unspecified atom stereocenters. The minimum atomic E-state index is -0.473. The van der Waals surface area contributed by atoms with Crippen molar-refractivity contribution in [2.75, 3.05) is 0 Å². The standard InChI is InChI=1S/C17H21F2NS/c1-10(8-15-16(18)6-5-7-17(15)19)20-12(3)14-9-11(2)21-13(14)4/h5-7,9-10,12,20H,8H2,1-4H3. The zero-order valence-electron chi connectivity index (χ0n) is 12.8. The summed E-state index contributed by atoms with van der Waals surface area (Å²) in [4.78, 5) is 2.57. The Balaban J connectivity index is 2.05. The van der Waals surface area contributed by atoms with E-state index in [1.807, 2.05) is 6.92 Å². The van der Waals surface area contributed by atoms with Gasteiger partial charge in [0.05, 0.1) is 0 Å². The molecule has 0 bridgehead atoms. The van der Waals surface area contributed by atoms with E-state index < -0.39 is 11.6 Å². The molecule has 1 nitrogen and oxygen atoms in total. The molecular weight excluding hydrogens is 288 g/mol. The highest BCUT2D eigenvalue weighted by Gasteiger charge is 2.16. The molecule has 1 heterocycles. The Bertz CT molecular complexity index is 601. The van der Waals surface area contributed by atoms with Gasteiger partial charge in [-0.15, -0.1) is 11.3 Å². The van der Waals surface area contributed by atoms with Crippen molar-refractivity contribution in [2.45, 2.75) is 46.2 Å². The second-order valence-corrected chi connectivity index (χ2v) is 7.02. The van der Waals surface area contributed by atoms with Crippen molar-refractivity contribution in [3.8, 4) is 0 Å². The summed E-state index contributed by atoms with van der Waals surface area (Å²) in [5, 5.41) is 3.43. The maximum Gasteiger partial charge on any atom is 0.129 e. The van der Waals surface area contributed by atoms with Gasteiger partial charge in [0.15, 0.2) is 0 Å². The molecular formula is C17H21F2NS. The average molecular weight is 309 g/mol. The summed E-state index contributed by atoms with van der Waals surface area (Å²) in [7, 11) is 0. The molecule has 0 saturated carbocycles. The van der Waals surface area contributed by atoms with Gasteiger partial charge in [0.1, 0.15) is 11.6 Å². The van der Waals surface area contributed by atoms with Gasteiger partial charge in [-0.2, -0.15) is 0 Å². The summed E-state index contributed by atoms with van der Waals surface area (Å²) < 4.78 is 27.3. The van der Waals surface area contributed by atoms with Crippen LogP contribution in [0, 0.1) is 25.5 Å². The first-order valence-corrected chi connectivity index (χ1v) is 7.96. The van der Waals surface area contributed by atoms with E-state index in [2.05, 4.69) is 32.2 Å². The number of hydrogen-bond acceptors (Lipinski definition) is 2. The van der Waals surface area contributed by atoms with Gasteiger partial charge < -0.3 is 5.32 Å². The first-order valence-electron chi connectivity index (χ1n) is 7.14. The van der Waals surface area contributed by atoms with Crippen LogP contribution in [0.25, 0.3) is 0 Å². The highest BCUT2D eigenvalue weighted by atomic mass is 32.1. The van der Waals surface area contributed by atoms with Crippen LogP contribution in [-0.2, 0) is 6.42 Å². The topological polar surface area (TPSA) is 12.0 Å². The third-order valence-corrected chi connectivity index (χ3v) is 4.63. The van der Waals surface area contributed by atoms with E-state index in [1.165, 1.54) is 33.5 Å². The number of thiophene rings is 1. The molecule has 1 aromatic carbocycles. The van der Waals surface area contributed by atoms with Crippen LogP contribution in [0.4, 0.5) is 8.78 Å². The summed E-state index contributed by atoms with van der Waals surface area (Å²) in [5.41, 5.74) is 1.42. The van der Waals surface area contributed by atoms with Gasteiger partial charge in [0.25, 0.3) is 0 Å². The largest absolute Gasteiger partial charge is 0.307 e. The smallest absolute Gasteiger partial charge is 0.129 e. The van der Waals surface area contributed by atoms with E-state index in [9.17, 15) is 8.78 Å². The molecule has 2 rings (SSSR count). The summed E-state index contributed by atoms with van der Waals surface area (Å²) in [6.07, 6.45) is 0.338. The third kappa shape index (κ3) is 3.89. The first-order chi connectivity index (χ1) is 9.88. The Morgan fingerprint density at radius 1 is 1.14 bits per heavy atom. The van der Waals surface area contributed by atoms with Crippen LogP contribution in [0.3, 0.4) is 0 Å². The lowest BCUT2D eigenvalue weighted by Gasteiger charge is -2.20. The van der Waals surface area contributed by atoms with Gasteiger partial charge in [-0.1, -0.05) is 6.07 Å². The number of halogens is 2. The molecule has 0 radical (unpaired) electrons. The molecule has 0 aliphatic carbocycles. The van der Waals surface area contributed by atoms with Crippen LogP contribution in [0.15, 0.2) is 24.3 Å². The number of rotatable bonds is 5. The van der Waals surface area contributed by atoms with Gasteiger partial charge in [-0.25, -0.2) is 8.78 Å². The zero-order chi connectivity index (χ0) is 15.6. The van der Waals surface area contributed by atoms with Crippen LogP contribution in [0.1, 0.15) is 40.8 Å². The molecule has 1 N–H and O–H groups in total. The second-order valence-electron chi connectivity index (χ2n) is 5.56. The van der Waals surface area contributed by atoms with Crippen molar-refractivity contribution in [3.05, 3.63) is 56.8 Å². The van der Waals surface area contributed by atoms with Gasteiger partial charge in [0.2, 0.25) is 0 Å². The van der Waals surface area contributed by atoms with Gasteiger partial charge in [-0.3, -0.25) is 0 Å². The first kappa shape index (κ1) is 16.1. The quantitative estimate of drug-likeness (QED) is 0.826. The summed E-state index contributed by atoms with van der Waals surface area (Å²) in [5.74, 6) is -0.947. The van der Waals surface area contributed by atoms with Gasteiger partial charge in [0, 0.05) is 27.4 Å². The van der Waals surface area contributed by atoms with E-state index in [-0.39, 0.29) is 17.6 Å². The van der Waals surface area contributed by atoms with Crippen LogP contribution in [0.5, 0.6) is 0 Å². The SMILES string of the molecule is Cc1cc(C(C)NC(C)Cc2c(F)cccc2F)c(C)s1. The Morgan fingerprint density at radius 3 is 2.29 bits per heavy atom. The van der Waals surface area contributed by atoms with Gasteiger partial charge >= 0.3 is 0 Å². The lowest BCUT2D eigenvalue weighted by Crippen LogP contribution is -2.31. The van der Waals surface area contributed by atoms with E-state index in [0.29, 0.717) is 6.42 Å². The summed E-state index contributed by atoms with van der Waals surface area (Å²) in [6, 6.07) is 6.34. The average Bonchev–Trinajstić information content (AvgIpc) is 2.73. The molecule has 0 saturated heterocycles. The van der Waals surface area contributed by atoms with Crippen molar-refractivity contribution in [1.29, 1.82) is 0 Å². The van der Waals surface area contributed by atoms with Gasteiger partial charge in [-0.05, 0) is 57.9 Å². The number of nitrogens with one attached hydrogen (secondary N) is 1. The monoisotopic (exact) mass is 309 g/mol. The molecule has 0 spiro atoms. The highest BCUT2D eigenvalue weighted by molar-refractivity contribution is 7.12. The normalized spacial score (nSPS) is 14.2. The summed E-state index contributed by atoms with van der Waals surface area (Å²) in [6.45, 7) is 8.23. The maximum absolute atomic E-state index is 13.7. The molecule has 2 atom stereocenters. The van der Waals surface area contributed by atoms with Crippen LogP contribution < -0.4 is 5.32 Å². The minimum absolute atomic E-state index is 0.00833. The Labute approximate surface area is 129 Å². The molecule has 4 heteroatoms. The number of hydrogen-bond donors (Lipinski definition) is 1. The van der Waals surface area contributed by atoms with E-state index in [1.54, 1.807) is 11.3 Å². The molecule has 0 amide bonds. The fraction of sp³-hybridized carbons (Fsp3) is 0.412. The van der Waals surface area contributed by atoms with E-state index in [0.717, 1.165) is 0 Å². The molecule has 1 aromatic heterocycles. The Morgan fingerprint density at radius 2 is 1.76 bits per heavy atom. The second kappa shape index (κ2) is 6.67. The van der Waals surface area contributed by atoms with Crippen LogP contribution >= 0.6 is 11.3 Å². The lowest BCUT2D eigenvalue weighted by atomic mass is 10.0. The Hall–Kier alpha value is -1.26. The van der Waals surface area contributed by atoms with Crippen molar-refractivity contribution in [2.24, 2.45) is 0 Å². The van der Waals surface area contributed by atoms with Crippen LogP contribution in [0.2, 0.25) is 0 Å². The minimum Gasteiger partial charge on any atom is -0.307 e. The van der Waals surface area contributed by atoms with Crippen molar-refractivity contribution in [1.82, 2.24) is 5.32 Å². The predicted octanol–water partition coefficient (Wildman–Crippen LogP) is 4.92. The number of benzene rings is 1. The molecule has 114 valence electrons. The zero-order valence-corrected chi connectivity index (χ0v) is 13.7. The van der Waals surface area contributed by atoms with Crippen molar-refractivity contribution in [3.63, 3.8) is 0 Å². The Kier molecular flexibility index (Phi) is 5.12. The van der Waals surface area contributed by atoms with E-state index in [4.69, 9.17) is 0 Å². The number of aryl methyl sites for hydroxylation is 2. The van der Waals surface area contributed by atoms with E-state index >= 15 is 0 Å². The molecule has 21 heavy (non-hydrogen) atoms. The molecule has 0 aliphatic heterocycles. The fourth-order valence-electron chi connectivity index (χ4n) is 2.69. The van der Waals surface area contributed by atoms with Crippen molar-refractivity contribution < 1.29 is 8.78 Å².